The molecule has 0 saturated heterocycles. The summed E-state index contributed by atoms with van der Waals surface area (Å²) in [7, 11) is 0. The van der Waals surface area contributed by atoms with E-state index in [1.165, 1.54) is 11.3 Å². The number of aromatic nitrogens is 2. The molecule has 5 nitrogen and oxygen atoms in total. The monoisotopic (exact) mass is 305 g/mol. The Morgan fingerprint density at radius 3 is 2.81 bits per heavy atom. The SMILES string of the molecule is CCCCOc1ccccc1C(=O)Nc1nnc(CC)s1. The second-order valence-corrected chi connectivity index (χ2v) is 5.57. The summed E-state index contributed by atoms with van der Waals surface area (Å²) >= 11 is 1.39. The van der Waals surface area contributed by atoms with E-state index in [0.717, 1.165) is 24.3 Å². The minimum Gasteiger partial charge on any atom is -0.493 e. The Bertz CT molecular complexity index is 598. The summed E-state index contributed by atoms with van der Waals surface area (Å²) in [6.07, 6.45) is 2.83. The zero-order valence-corrected chi connectivity index (χ0v) is 13.1. The maximum Gasteiger partial charge on any atom is 0.261 e. The number of amides is 1. The lowest BCUT2D eigenvalue weighted by atomic mass is 10.2. The highest BCUT2D eigenvalue weighted by molar-refractivity contribution is 7.15. The first kappa shape index (κ1) is 15.4. The summed E-state index contributed by atoms with van der Waals surface area (Å²) < 4.78 is 5.67. The van der Waals surface area contributed by atoms with Gasteiger partial charge in [0.05, 0.1) is 12.2 Å². The third-order valence-corrected chi connectivity index (χ3v) is 3.86. The molecular weight excluding hydrogens is 286 g/mol. The molecule has 2 rings (SSSR count). The van der Waals surface area contributed by atoms with Crippen LogP contribution in [0.15, 0.2) is 24.3 Å². The largest absolute Gasteiger partial charge is 0.493 e. The highest BCUT2D eigenvalue weighted by Crippen LogP contribution is 2.21. The Hall–Kier alpha value is -1.95. The van der Waals surface area contributed by atoms with E-state index < -0.39 is 0 Å². The number of carbonyl (C=O) groups is 1. The lowest BCUT2D eigenvalue weighted by Gasteiger charge is -2.10. The van der Waals surface area contributed by atoms with Crippen LogP contribution in [0.1, 0.15) is 42.1 Å². The normalized spacial score (nSPS) is 10.4. The predicted octanol–water partition coefficient (Wildman–Crippen LogP) is 3.53. The standard InChI is InChI=1S/C15H19N3O2S/c1-3-5-10-20-12-9-7-6-8-11(12)14(19)16-15-18-17-13(4-2)21-15/h6-9H,3-5,10H2,1-2H3,(H,16,18,19). The lowest BCUT2D eigenvalue weighted by Crippen LogP contribution is -2.13. The molecule has 1 amide bonds. The van der Waals surface area contributed by atoms with Crippen molar-refractivity contribution in [2.24, 2.45) is 0 Å². The number of nitrogens with zero attached hydrogens (tertiary/aromatic N) is 2. The number of aryl methyl sites for hydroxylation is 1. The van der Waals surface area contributed by atoms with Crippen molar-refractivity contribution < 1.29 is 9.53 Å². The topological polar surface area (TPSA) is 64.1 Å². The number of nitrogens with one attached hydrogen (secondary N) is 1. The van der Waals surface area contributed by atoms with E-state index in [1.54, 1.807) is 6.07 Å². The van der Waals surface area contributed by atoms with Crippen molar-refractivity contribution in [3.63, 3.8) is 0 Å². The molecule has 0 unspecified atom stereocenters. The molecule has 112 valence electrons. The van der Waals surface area contributed by atoms with Gasteiger partial charge in [-0.15, -0.1) is 10.2 Å². The summed E-state index contributed by atoms with van der Waals surface area (Å²) in [4.78, 5) is 12.3. The van der Waals surface area contributed by atoms with Gasteiger partial charge in [-0.3, -0.25) is 10.1 Å². The first-order valence-corrected chi connectivity index (χ1v) is 7.91. The van der Waals surface area contributed by atoms with Gasteiger partial charge in [-0.25, -0.2) is 0 Å². The van der Waals surface area contributed by atoms with Crippen LogP contribution in [0.3, 0.4) is 0 Å². The Morgan fingerprint density at radius 1 is 1.29 bits per heavy atom. The Morgan fingerprint density at radius 2 is 2.10 bits per heavy atom. The van der Waals surface area contributed by atoms with Gasteiger partial charge < -0.3 is 4.74 Å². The van der Waals surface area contributed by atoms with Crippen molar-refractivity contribution in [3.8, 4) is 5.75 Å². The van der Waals surface area contributed by atoms with E-state index in [0.29, 0.717) is 23.1 Å². The van der Waals surface area contributed by atoms with E-state index in [2.05, 4.69) is 22.4 Å². The van der Waals surface area contributed by atoms with Crippen LogP contribution in [0.5, 0.6) is 5.75 Å². The van der Waals surface area contributed by atoms with Gasteiger partial charge in [0.2, 0.25) is 5.13 Å². The third-order valence-electron chi connectivity index (χ3n) is 2.88. The summed E-state index contributed by atoms with van der Waals surface area (Å²) in [5.74, 6) is 0.379. The number of hydrogen-bond donors (Lipinski definition) is 1. The number of hydrogen-bond acceptors (Lipinski definition) is 5. The number of unbranched alkanes of at least 4 members (excludes halogenated alkanes) is 1. The van der Waals surface area contributed by atoms with Crippen LogP contribution in [-0.2, 0) is 6.42 Å². The summed E-state index contributed by atoms with van der Waals surface area (Å²) in [6, 6.07) is 7.23. The van der Waals surface area contributed by atoms with Crippen LogP contribution in [0.4, 0.5) is 5.13 Å². The van der Waals surface area contributed by atoms with Gasteiger partial charge in [0, 0.05) is 0 Å². The van der Waals surface area contributed by atoms with Crippen molar-refractivity contribution in [2.45, 2.75) is 33.1 Å². The van der Waals surface area contributed by atoms with Crippen LogP contribution >= 0.6 is 11.3 Å². The van der Waals surface area contributed by atoms with E-state index in [4.69, 9.17) is 4.74 Å². The van der Waals surface area contributed by atoms with Crippen molar-refractivity contribution in [2.75, 3.05) is 11.9 Å². The predicted molar refractivity (Wildman–Crippen MR) is 84.1 cm³/mol. The number of para-hydroxylation sites is 1. The van der Waals surface area contributed by atoms with E-state index in [-0.39, 0.29) is 5.91 Å². The number of carbonyl (C=O) groups excluding carboxylic acids is 1. The average Bonchev–Trinajstić information content (AvgIpc) is 2.95. The molecule has 0 aliphatic heterocycles. The van der Waals surface area contributed by atoms with Crippen molar-refractivity contribution in [1.82, 2.24) is 10.2 Å². The van der Waals surface area contributed by atoms with Crippen LogP contribution in [-0.4, -0.2) is 22.7 Å². The van der Waals surface area contributed by atoms with Crippen molar-refractivity contribution in [3.05, 3.63) is 34.8 Å². The fourth-order valence-corrected chi connectivity index (χ4v) is 2.39. The molecule has 0 radical (unpaired) electrons. The fraction of sp³-hybridized carbons (Fsp3) is 0.400. The number of ether oxygens (including phenoxy) is 1. The molecule has 1 heterocycles. The van der Waals surface area contributed by atoms with Crippen LogP contribution < -0.4 is 10.1 Å². The molecular formula is C15H19N3O2S. The number of anilines is 1. The molecule has 1 N–H and O–H groups in total. The molecule has 0 aliphatic carbocycles. The van der Waals surface area contributed by atoms with Crippen LogP contribution in [0.2, 0.25) is 0 Å². The van der Waals surface area contributed by atoms with E-state index in [9.17, 15) is 4.79 Å². The third kappa shape index (κ3) is 4.26. The first-order valence-electron chi connectivity index (χ1n) is 7.10. The molecule has 2 aromatic rings. The molecule has 0 saturated carbocycles. The van der Waals surface area contributed by atoms with E-state index >= 15 is 0 Å². The maximum atomic E-state index is 12.3. The quantitative estimate of drug-likeness (QED) is 0.795. The second kappa shape index (κ2) is 7.73. The molecule has 21 heavy (non-hydrogen) atoms. The summed E-state index contributed by atoms with van der Waals surface area (Å²) in [6.45, 7) is 4.71. The van der Waals surface area contributed by atoms with Crippen molar-refractivity contribution in [1.29, 1.82) is 0 Å². The Balaban J connectivity index is 2.07. The zero-order chi connectivity index (χ0) is 15.1. The molecule has 6 heteroatoms. The number of rotatable bonds is 7. The van der Waals surface area contributed by atoms with Gasteiger partial charge >= 0.3 is 0 Å². The molecule has 0 aliphatic rings. The van der Waals surface area contributed by atoms with E-state index in [1.807, 2.05) is 25.1 Å². The fourth-order valence-electron chi connectivity index (χ4n) is 1.72. The second-order valence-electron chi connectivity index (χ2n) is 4.51. The highest BCUT2D eigenvalue weighted by Gasteiger charge is 2.14. The van der Waals surface area contributed by atoms with Gasteiger partial charge in [-0.2, -0.15) is 0 Å². The average molecular weight is 305 g/mol. The summed E-state index contributed by atoms with van der Waals surface area (Å²) in [5, 5.41) is 12.1. The zero-order valence-electron chi connectivity index (χ0n) is 12.3. The molecule has 0 spiro atoms. The lowest BCUT2D eigenvalue weighted by molar-refractivity contribution is 0.102. The highest BCUT2D eigenvalue weighted by atomic mass is 32.1. The smallest absolute Gasteiger partial charge is 0.261 e. The molecule has 0 atom stereocenters. The van der Waals surface area contributed by atoms with Gasteiger partial charge in [0.1, 0.15) is 10.8 Å². The van der Waals surface area contributed by atoms with Crippen LogP contribution in [0.25, 0.3) is 0 Å². The first-order chi connectivity index (χ1) is 10.2. The van der Waals surface area contributed by atoms with Crippen LogP contribution in [0, 0.1) is 0 Å². The number of benzene rings is 1. The van der Waals surface area contributed by atoms with Gasteiger partial charge in [0.15, 0.2) is 0 Å². The summed E-state index contributed by atoms with van der Waals surface area (Å²) in [5.41, 5.74) is 0.516. The Kier molecular flexibility index (Phi) is 5.68. The van der Waals surface area contributed by atoms with Crippen molar-refractivity contribution >= 4 is 22.4 Å². The molecule has 1 aromatic carbocycles. The van der Waals surface area contributed by atoms with Gasteiger partial charge in [-0.1, -0.05) is 43.7 Å². The van der Waals surface area contributed by atoms with Gasteiger partial charge in [0.25, 0.3) is 5.91 Å². The minimum atomic E-state index is -0.221. The molecule has 1 aromatic heterocycles. The maximum absolute atomic E-state index is 12.3. The molecule has 0 bridgehead atoms. The minimum absolute atomic E-state index is 0.221. The van der Waals surface area contributed by atoms with Gasteiger partial charge in [-0.05, 0) is 25.0 Å². The Labute approximate surface area is 128 Å². The molecule has 0 fully saturated rings.